The zero-order chi connectivity index (χ0) is 24.6. The van der Waals surface area contributed by atoms with Crippen LogP contribution in [0.3, 0.4) is 0 Å². The van der Waals surface area contributed by atoms with Gasteiger partial charge in [0.05, 0.1) is 5.69 Å². The zero-order valence-corrected chi connectivity index (χ0v) is 19.4. The number of anilines is 2. The number of para-hydroxylation sites is 2. The van der Waals surface area contributed by atoms with Crippen molar-refractivity contribution in [2.24, 2.45) is 0 Å². The molecule has 0 aliphatic carbocycles. The molecule has 0 aliphatic heterocycles. The Morgan fingerprint density at radius 2 is 1.80 bits per heavy atom. The normalized spacial score (nSPS) is 10.5. The molecule has 0 radical (unpaired) electrons. The number of carbonyl (C=O) groups excluding carboxylic acids is 2. The maximum atomic E-state index is 12.8. The summed E-state index contributed by atoms with van der Waals surface area (Å²) in [7, 11) is 0. The van der Waals surface area contributed by atoms with E-state index < -0.39 is 11.8 Å². The molecule has 0 spiro atoms. The van der Waals surface area contributed by atoms with Gasteiger partial charge in [-0.25, -0.2) is 0 Å². The highest BCUT2D eigenvalue weighted by molar-refractivity contribution is 6.10. The van der Waals surface area contributed by atoms with Crippen LogP contribution >= 0.6 is 0 Å². The quantitative estimate of drug-likeness (QED) is 0.306. The summed E-state index contributed by atoms with van der Waals surface area (Å²) in [6.45, 7) is 6.37. The monoisotopic (exact) mass is 470 g/mol. The lowest BCUT2D eigenvalue weighted by atomic mass is 10.1. The van der Waals surface area contributed by atoms with E-state index >= 15 is 0 Å². The van der Waals surface area contributed by atoms with Crippen molar-refractivity contribution in [2.45, 2.75) is 26.5 Å². The van der Waals surface area contributed by atoms with Gasteiger partial charge >= 0.3 is 0 Å². The number of amides is 2. The lowest BCUT2D eigenvalue weighted by Gasteiger charge is -2.09. The van der Waals surface area contributed by atoms with Crippen LogP contribution in [0.25, 0.3) is 0 Å². The van der Waals surface area contributed by atoms with Crippen molar-refractivity contribution in [1.29, 1.82) is 0 Å². The fraction of sp³-hybridized carbons (Fsp3) is 0.148. The second-order valence-electron chi connectivity index (χ2n) is 7.68. The highest BCUT2D eigenvalue weighted by atomic mass is 16.5. The van der Waals surface area contributed by atoms with Crippen LogP contribution in [0.1, 0.15) is 39.3 Å². The van der Waals surface area contributed by atoms with Crippen LogP contribution in [0.5, 0.6) is 5.75 Å². The van der Waals surface area contributed by atoms with Gasteiger partial charge in [0.15, 0.2) is 11.5 Å². The van der Waals surface area contributed by atoms with Crippen molar-refractivity contribution in [3.05, 3.63) is 108 Å². The topological polar surface area (TPSA) is 98.4 Å². The van der Waals surface area contributed by atoms with Gasteiger partial charge in [-0.15, -0.1) is 6.58 Å². The molecule has 2 aromatic heterocycles. The van der Waals surface area contributed by atoms with Crippen molar-refractivity contribution in [3.63, 3.8) is 0 Å². The second kappa shape index (κ2) is 11.0. The minimum absolute atomic E-state index is 0.0987. The summed E-state index contributed by atoms with van der Waals surface area (Å²) in [6.07, 6.45) is 4.11. The molecule has 0 saturated carbocycles. The molecule has 0 aliphatic rings. The second-order valence-corrected chi connectivity index (χ2v) is 7.68. The molecule has 2 N–H and O–H groups in total. The van der Waals surface area contributed by atoms with E-state index in [1.807, 2.05) is 55.5 Å². The fourth-order valence-electron chi connectivity index (χ4n) is 3.43. The summed E-state index contributed by atoms with van der Waals surface area (Å²) in [6, 6.07) is 20.0. The Morgan fingerprint density at radius 1 is 1.03 bits per heavy atom. The fourth-order valence-corrected chi connectivity index (χ4v) is 3.43. The Morgan fingerprint density at radius 3 is 2.57 bits per heavy atom. The molecular weight excluding hydrogens is 444 g/mol. The smallest absolute Gasteiger partial charge is 0.291 e. The summed E-state index contributed by atoms with van der Waals surface area (Å²) in [5.74, 6) is 0.408. The lowest BCUT2D eigenvalue weighted by molar-refractivity contribution is 0.0992. The number of allylic oxidation sites excluding steroid dienone is 1. The van der Waals surface area contributed by atoms with E-state index in [9.17, 15) is 9.59 Å². The van der Waals surface area contributed by atoms with Crippen LogP contribution < -0.4 is 15.4 Å². The van der Waals surface area contributed by atoms with Gasteiger partial charge in [-0.2, -0.15) is 5.10 Å². The predicted molar refractivity (Wildman–Crippen MR) is 134 cm³/mol. The highest BCUT2D eigenvalue weighted by Gasteiger charge is 2.21. The van der Waals surface area contributed by atoms with Gasteiger partial charge in [0, 0.05) is 18.4 Å². The number of nitrogens with zero attached hydrogens (tertiary/aromatic N) is 2. The van der Waals surface area contributed by atoms with E-state index in [-0.39, 0.29) is 23.7 Å². The number of carbonyl (C=O) groups is 2. The molecular formula is C27H26N4O4. The van der Waals surface area contributed by atoms with Crippen molar-refractivity contribution in [2.75, 3.05) is 10.6 Å². The molecule has 8 heteroatoms. The SMILES string of the molecule is C=CCc1ccccc1OCc1ccc(C(=O)Nc2cn(CC)nc2C(=O)Nc2ccccc2)o1. The summed E-state index contributed by atoms with van der Waals surface area (Å²) < 4.78 is 13.1. The molecule has 0 fully saturated rings. The number of aromatic nitrogens is 2. The Labute approximate surface area is 203 Å². The largest absolute Gasteiger partial charge is 0.485 e. The third-order valence-corrected chi connectivity index (χ3v) is 5.17. The van der Waals surface area contributed by atoms with Crippen molar-refractivity contribution in [1.82, 2.24) is 9.78 Å². The first-order valence-corrected chi connectivity index (χ1v) is 11.2. The Hall–Kier alpha value is -4.59. The van der Waals surface area contributed by atoms with E-state index in [4.69, 9.17) is 9.15 Å². The number of benzene rings is 2. The zero-order valence-electron chi connectivity index (χ0n) is 19.4. The molecule has 8 nitrogen and oxygen atoms in total. The molecule has 4 rings (SSSR count). The van der Waals surface area contributed by atoms with Crippen LogP contribution in [0.15, 0.2) is 90.0 Å². The number of hydrogen-bond acceptors (Lipinski definition) is 5. The van der Waals surface area contributed by atoms with Crippen LogP contribution in [0, 0.1) is 0 Å². The van der Waals surface area contributed by atoms with Crippen molar-refractivity contribution >= 4 is 23.2 Å². The summed E-state index contributed by atoms with van der Waals surface area (Å²) in [5, 5.41) is 9.81. The number of hydrogen-bond donors (Lipinski definition) is 2. The van der Waals surface area contributed by atoms with Gasteiger partial charge in [-0.1, -0.05) is 42.5 Å². The van der Waals surface area contributed by atoms with E-state index in [2.05, 4.69) is 22.3 Å². The molecule has 4 aromatic rings. The maximum absolute atomic E-state index is 12.8. The Balaban J connectivity index is 1.44. The van der Waals surface area contributed by atoms with Gasteiger partial charge in [0.1, 0.15) is 18.1 Å². The average Bonchev–Trinajstić information content (AvgIpc) is 3.51. The molecule has 0 unspecified atom stereocenters. The number of furan rings is 1. The molecule has 2 aromatic carbocycles. The molecule has 178 valence electrons. The number of nitrogens with one attached hydrogen (secondary N) is 2. The Kier molecular flexibility index (Phi) is 7.42. The van der Waals surface area contributed by atoms with Crippen LogP contribution in [0.4, 0.5) is 11.4 Å². The molecule has 0 bridgehead atoms. The van der Waals surface area contributed by atoms with Crippen LogP contribution in [0.2, 0.25) is 0 Å². The first kappa shape index (κ1) is 23.6. The first-order valence-electron chi connectivity index (χ1n) is 11.2. The summed E-state index contributed by atoms with van der Waals surface area (Å²) >= 11 is 0. The van der Waals surface area contributed by atoms with E-state index in [1.54, 1.807) is 35.1 Å². The summed E-state index contributed by atoms with van der Waals surface area (Å²) in [5.41, 5.74) is 2.04. The maximum Gasteiger partial charge on any atom is 0.291 e. The number of aryl methyl sites for hydroxylation is 1. The summed E-state index contributed by atoms with van der Waals surface area (Å²) in [4.78, 5) is 25.6. The number of ether oxygens (including phenoxy) is 1. The van der Waals surface area contributed by atoms with Crippen LogP contribution in [-0.2, 0) is 19.6 Å². The lowest BCUT2D eigenvalue weighted by Crippen LogP contribution is -2.17. The number of rotatable bonds is 10. The standard InChI is InChI=1S/C27H26N4O4/c1-3-10-19-11-8-9-14-23(19)34-18-21-15-16-24(35-21)26(32)29-22-17-31(4-2)30-25(22)27(33)28-20-12-6-5-7-13-20/h3,5-9,11-17H,1,4,10,18H2,2H3,(H,28,33)(H,29,32). The van der Waals surface area contributed by atoms with E-state index in [0.29, 0.717) is 24.4 Å². The minimum atomic E-state index is -0.493. The minimum Gasteiger partial charge on any atom is -0.485 e. The average molecular weight is 471 g/mol. The highest BCUT2D eigenvalue weighted by Crippen LogP contribution is 2.22. The van der Waals surface area contributed by atoms with Crippen LogP contribution in [-0.4, -0.2) is 21.6 Å². The van der Waals surface area contributed by atoms with Crippen molar-refractivity contribution in [3.8, 4) is 5.75 Å². The van der Waals surface area contributed by atoms with E-state index in [0.717, 1.165) is 11.3 Å². The van der Waals surface area contributed by atoms with Gasteiger partial charge in [0.2, 0.25) is 0 Å². The third-order valence-electron chi connectivity index (χ3n) is 5.17. The Bertz CT molecular complexity index is 1320. The predicted octanol–water partition coefficient (Wildman–Crippen LogP) is 5.31. The first-order chi connectivity index (χ1) is 17.1. The molecule has 2 amide bonds. The molecule has 35 heavy (non-hydrogen) atoms. The van der Waals surface area contributed by atoms with E-state index in [1.165, 1.54) is 0 Å². The molecule has 0 atom stereocenters. The third kappa shape index (κ3) is 5.86. The molecule has 2 heterocycles. The molecule has 0 saturated heterocycles. The van der Waals surface area contributed by atoms with Crippen molar-refractivity contribution < 1.29 is 18.7 Å². The van der Waals surface area contributed by atoms with Gasteiger partial charge in [-0.3, -0.25) is 14.3 Å². The van der Waals surface area contributed by atoms with Gasteiger partial charge in [-0.05, 0) is 49.2 Å². The van der Waals surface area contributed by atoms with Gasteiger partial charge in [0.25, 0.3) is 11.8 Å². The van der Waals surface area contributed by atoms with Gasteiger partial charge < -0.3 is 19.8 Å².